The number of hydrogen-bond acceptors (Lipinski definition) is 3. The first kappa shape index (κ1) is 13.4. The van der Waals surface area contributed by atoms with Gasteiger partial charge in [-0.25, -0.2) is 4.79 Å². The quantitative estimate of drug-likeness (QED) is 0.654. The summed E-state index contributed by atoms with van der Waals surface area (Å²) in [5.41, 5.74) is 2.62. The summed E-state index contributed by atoms with van der Waals surface area (Å²) >= 11 is 0. The predicted octanol–water partition coefficient (Wildman–Crippen LogP) is 1.30. The molecule has 2 rings (SSSR count). The van der Waals surface area contributed by atoms with Crippen LogP contribution in [0.2, 0.25) is 0 Å². The second kappa shape index (κ2) is 5.09. The summed E-state index contributed by atoms with van der Waals surface area (Å²) in [6.45, 7) is 0. The van der Waals surface area contributed by atoms with E-state index in [1.165, 1.54) is 0 Å². The van der Waals surface area contributed by atoms with Gasteiger partial charge in [-0.2, -0.15) is 8.42 Å². The van der Waals surface area contributed by atoms with Crippen molar-refractivity contribution >= 4 is 22.4 Å². The summed E-state index contributed by atoms with van der Waals surface area (Å²) in [5.74, 6) is -0.857. The van der Waals surface area contributed by atoms with E-state index >= 15 is 0 Å². The summed E-state index contributed by atoms with van der Waals surface area (Å²) in [5, 5.41) is 8.70. The van der Waals surface area contributed by atoms with E-state index < -0.39 is 16.4 Å². The Morgan fingerprint density at radius 2 is 1.82 bits per heavy atom. The Bertz CT molecular complexity index is 550. The van der Waals surface area contributed by atoms with E-state index in [-0.39, 0.29) is 0 Å². The minimum Gasteiger partial charge on any atom is -0.478 e. The van der Waals surface area contributed by atoms with Crippen LogP contribution in [0.3, 0.4) is 0 Å². The van der Waals surface area contributed by atoms with Crippen molar-refractivity contribution in [3.05, 3.63) is 41.0 Å². The van der Waals surface area contributed by atoms with Crippen LogP contribution in [0.15, 0.2) is 24.3 Å². The largest absolute Gasteiger partial charge is 0.478 e. The van der Waals surface area contributed by atoms with Crippen molar-refractivity contribution in [2.75, 3.05) is 0 Å². The molecule has 0 spiro atoms. The third-order valence-electron chi connectivity index (χ3n) is 2.03. The maximum Gasteiger partial charge on any atom is 0.394 e. The van der Waals surface area contributed by atoms with Gasteiger partial charge in [0.2, 0.25) is 0 Å². The van der Waals surface area contributed by atoms with Crippen molar-refractivity contribution in [2.45, 2.75) is 6.42 Å². The Hall–Kier alpha value is -1.70. The molecule has 6 nitrogen and oxygen atoms in total. The lowest BCUT2D eigenvalue weighted by atomic mass is 10.1. The smallest absolute Gasteiger partial charge is 0.394 e. The van der Waals surface area contributed by atoms with Crippen LogP contribution in [-0.4, -0.2) is 28.6 Å². The highest BCUT2D eigenvalue weighted by atomic mass is 32.3. The Kier molecular flexibility index (Phi) is 4.00. The van der Waals surface area contributed by atoms with Crippen LogP contribution in [0, 0.1) is 0 Å². The fourth-order valence-corrected chi connectivity index (χ4v) is 1.39. The van der Waals surface area contributed by atoms with Crippen molar-refractivity contribution < 1.29 is 27.4 Å². The van der Waals surface area contributed by atoms with Crippen LogP contribution in [0.25, 0.3) is 6.08 Å². The van der Waals surface area contributed by atoms with Gasteiger partial charge < -0.3 is 5.11 Å². The lowest BCUT2D eigenvalue weighted by Gasteiger charge is -1.99. The molecule has 0 saturated carbocycles. The van der Waals surface area contributed by atoms with Gasteiger partial charge in [0.15, 0.2) is 0 Å². The number of carboxylic acids is 1. The zero-order valence-corrected chi connectivity index (χ0v) is 9.38. The van der Waals surface area contributed by atoms with Gasteiger partial charge in [-0.05, 0) is 29.7 Å². The van der Waals surface area contributed by atoms with Crippen LogP contribution < -0.4 is 0 Å². The van der Waals surface area contributed by atoms with E-state index in [0.29, 0.717) is 5.56 Å². The number of fused-ring (bicyclic) bond motifs is 1. The molecule has 0 heterocycles. The second-order valence-electron chi connectivity index (χ2n) is 3.27. The molecule has 1 aliphatic carbocycles. The molecule has 7 heteroatoms. The standard InChI is InChI=1S/C10H8O2.H2O4S/c11-10(12)9-5-4-7-2-1-3-8(7)6-9;1-5(2,3)4/h1-2,4-6H,3H2,(H,11,12);(H2,1,2,3,4). The summed E-state index contributed by atoms with van der Waals surface area (Å²) < 4.78 is 31.6. The molecule has 0 bridgehead atoms. The summed E-state index contributed by atoms with van der Waals surface area (Å²) in [6.07, 6.45) is 4.91. The highest BCUT2D eigenvalue weighted by Gasteiger charge is 2.08. The molecule has 0 aromatic heterocycles. The first-order valence-corrected chi connectivity index (χ1v) is 5.90. The fourth-order valence-electron chi connectivity index (χ4n) is 1.39. The summed E-state index contributed by atoms with van der Waals surface area (Å²) in [7, 11) is -4.67. The van der Waals surface area contributed by atoms with Gasteiger partial charge in [0.05, 0.1) is 5.56 Å². The van der Waals surface area contributed by atoms with Crippen LogP contribution in [0.4, 0.5) is 0 Å². The average Bonchev–Trinajstić information content (AvgIpc) is 2.60. The zero-order chi connectivity index (χ0) is 13.1. The van der Waals surface area contributed by atoms with E-state index in [1.54, 1.807) is 12.1 Å². The molecule has 17 heavy (non-hydrogen) atoms. The molecule has 0 atom stereocenters. The highest BCUT2D eigenvalue weighted by Crippen LogP contribution is 2.20. The summed E-state index contributed by atoms with van der Waals surface area (Å²) in [4.78, 5) is 10.6. The third-order valence-corrected chi connectivity index (χ3v) is 2.03. The zero-order valence-electron chi connectivity index (χ0n) is 8.57. The molecule has 1 aromatic rings. The monoisotopic (exact) mass is 258 g/mol. The Morgan fingerprint density at radius 3 is 2.35 bits per heavy atom. The molecule has 0 radical (unpaired) electrons. The number of hydrogen-bond donors (Lipinski definition) is 3. The average molecular weight is 258 g/mol. The van der Waals surface area contributed by atoms with Gasteiger partial charge in [-0.1, -0.05) is 18.2 Å². The molecule has 0 unspecified atom stereocenters. The molecule has 0 fully saturated rings. The van der Waals surface area contributed by atoms with E-state index in [1.807, 2.05) is 18.2 Å². The molecular weight excluding hydrogens is 248 g/mol. The van der Waals surface area contributed by atoms with E-state index in [4.69, 9.17) is 22.6 Å². The maximum absolute atomic E-state index is 10.6. The van der Waals surface area contributed by atoms with Gasteiger partial charge in [0, 0.05) is 0 Å². The van der Waals surface area contributed by atoms with Crippen molar-refractivity contribution in [3.8, 4) is 0 Å². The number of rotatable bonds is 1. The van der Waals surface area contributed by atoms with Gasteiger partial charge in [-0.15, -0.1) is 0 Å². The number of allylic oxidation sites excluding steroid dienone is 1. The lowest BCUT2D eigenvalue weighted by Crippen LogP contribution is -1.97. The minimum absolute atomic E-state index is 0.373. The van der Waals surface area contributed by atoms with Gasteiger partial charge >= 0.3 is 16.4 Å². The molecule has 1 aromatic carbocycles. The van der Waals surface area contributed by atoms with Gasteiger partial charge in [0.1, 0.15) is 0 Å². The molecular formula is C10H10O6S. The third kappa shape index (κ3) is 4.77. The fraction of sp³-hybridized carbons (Fsp3) is 0.100. The molecule has 0 aliphatic heterocycles. The topological polar surface area (TPSA) is 112 Å². The first-order chi connectivity index (χ1) is 7.77. The number of aromatic carboxylic acids is 1. The number of benzene rings is 1. The molecule has 0 saturated heterocycles. The number of carboxylic acid groups (broad SMARTS) is 1. The highest BCUT2D eigenvalue weighted by molar-refractivity contribution is 7.79. The van der Waals surface area contributed by atoms with E-state index in [2.05, 4.69) is 0 Å². The van der Waals surface area contributed by atoms with Gasteiger partial charge in [0.25, 0.3) is 0 Å². The Morgan fingerprint density at radius 1 is 1.24 bits per heavy atom. The van der Waals surface area contributed by atoms with Crippen molar-refractivity contribution in [1.29, 1.82) is 0 Å². The minimum atomic E-state index is -4.67. The van der Waals surface area contributed by atoms with Crippen LogP contribution in [-0.2, 0) is 16.8 Å². The van der Waals surface area contributed by atoms with E-state index in [0.717, 1.165) is 17.5 Å². The maximum atomic E-state index is 10.6. The van der Waals surface area contributed by atoms with Crippen LogP contribution in [0.1, 0.15) is 21.5 Å². The Balaban J connectivity index is 0.000000249. The predicted molar refractivity (Wildman–Crippen MR) is 60.3 cm³/mol. The van der Waals surface area contributed by atoms with E-state index in [9.17, 15) is 4.79 Å². The van der Waals surface area contributed by atoms with Gasteiger partial charge in [-0.3, -0.25) is 9.11 Å². The van der Waals surface area contributed by atoms with Crippen molar-refractivity contribution in [1.82, 2.24) is 0 Å². The Labute approximate surface area is 97.8 Å². The summed E-state index contributed by atoms with van der Waals surface area (Å²) in [6, 6.07) is 5.22. The van der Waals surface area contributed by atoms with Crippen LogP contribution >= 0.6 is 0 Å². The first-order valence-electron chi connectivity index (χ1n) is 4.50. The lowest BCUT2D eigenvalue weighted by molar-refractivity contribution is 0.0696. The van der Waals surface area contributed by atoms with Crippen molar-refractivity contribution in [2.24, 2.45) is 0 Å². The van der Waals surface area contributed by atoms with Crippen molar-refractivity contribution in [3.63, 3.8) is 0 Å². The molecule has 3 N–H and O–H groups in total. The SMILES string of the molecule is O=C(O)c1ccc2c(c1)CC=C2.O=S(=O)(O)O. The number of carbonyl (C=O) groups is 1. The molecule has 1 aliphatic rings. The van der Waals surface area contributed by atoms with Crippen LogP contribution in [0.5, 0.6) is 0 Å². The molecule has 92 valence electrons. The molecule has 0 amide bonds. The second-order valence-corrected chi connectivity index (χ2v) is 4.17. The normalized spacial score (nSPS) is 12.6.